The summed E-state index contributed by atoms with van der Waals surface area (Å²) in [6.45, 7) is 9.70. The van der Waals surface area contributed by atoms with E-state index in [-0.39, 0.29) is 11.9 Å². The van der Waals surface area contributed by atoms with Gasteiger partial charge in [0.1, 0.15) is 5.84 Å². The summed E-state index contributed by atoms with van der Waals surface area (Å²) in [5.41, 5.74) is 5.57. The maximum Gasteiger partial charge on any atom is 0.171 e. The van der Waals surface area contributed by atoms with Crippen LogP contribution in [0.2, 0.25) is 0 Å². The summed E-state index contributed by atoms with van der Waals surface area (Å²) in [6, 6.07) is 3.78. The molecule has 0 aromatic carbocycles. The van der Waals surface area contributed by atoms with Gasteiger partial charge < -0.3 is 20.6 Å². The normalized spacial score (nSPS) is 12.0. The number of nitrogens with zero attached hydrogens (tertiary/aromatic N) is 3. The van der Waals surface area contributed by atoms with E-state index in [4.69, 9.17) is 15.7 Å². The summed E-state index contributed by atoms with van der Waals surface area (Å²) in [7, 11) is 0. The Kier molecular flexibility index (Phi) is 6.78. The summed E-state index contributed by atoms with van der Waals surface area (Å²) in [4.78, 5) is 6.56. The highest BCUT2D eigenvalue weighted by atomic mass is 16.5. The molecule has 0 atom stereocenters. The van der Waals surface area contributed by atoms with Crippen molar-refractivity contribution in [3.05, 3.63) is 18.3 Å². The van der Waals surface area contributed by atoms with Gasteiger partial charge in [0.2, 0.25) is 0 Å². The molecular formula is C15H26N4O2. The van der Waals surface area contributed by atoms with Crippen molar-refractivity contribution in [2.75, 3.05) is 18.0 Å². The number of pyridine rings is 1. The third-order valence-electron chi connectivity index (χ3n) is 2.76. The number of oxime groups is 1. The molecule has 6 nitrogen and oxygen atoms in total. The zero-order chi connectivity index (χ0) is 15.8. The number of ether oxygens (including phenoxy) is 1. The van der Waals surface area contributed by atoms with Gasteiger partial charge in [0.05, 0.1) is 6.10 Å². The Bertz CT molecular complexity index is 461. The lowest BCUT2D eigenvalue weighted by molar-refractivity contribution is 0.242. The fourth-order valence-corrected chi connectivity index (χ4v) is 1.99. The van der Waals surface area contributed by atoms with Gasteiger partial charge in [0, 0.05) is 25.7 Å². The van der Waals surface area contributed by atoms with Crippen molar-refractivity contribution in [1.29, 1.82) is 0 Å². The van der Waals surface area contributed by atoms with Gasteiger partial charge in [0.15, 0.2) is 11.6 Å². The lowest BCUT2D eigenvalue weighted by Gasteiger charge is -2.27. The number of rotatable bonds is 8. The molecule has 0 unspecified atom stereocenters. The van der Waals surface area contributed by atoms with Crippen molar-refractivity contribution in [1.82, 2.24) is 4.98 Å². The van der Waals surface area contributed by atoms with Crippen LogP contribution in [0.4, 0.5) is 5.82 Å². The van der Waals surface area contributed by atoms with Crippen molar-refractivity contribution in [3.8, 4) is 5.75 Å². The summed E-state index contributed by atoms with van der Waals surface area (Å²) >= 11 is 0. The molecule has 1 aromatic rings. The Balaban J connectivity index is 2.96. The topological polar surface area (TPSA) is 84.0 Å². The van der Waals surface area contributed by atoms with Crippen molar-refractivity contribution in [2.45, 2.75) is 40.2 Å². The van der Waals surface area contributed by atoms with E-state index in [0.29, 0.717) is 18.9 Å². The van der Waals surface area contributed by atoms with Crippen LogP contribution in [0, 0.1) is 5.92 Å². The molecule has 21 heavy (non-hydrogen) atoms. The SMILES string of the molecule is CC(C)CN(CC/C(N)=N/O)c1ncccc1OC(C)C. The molecule has 0 radical (unpaired) electrons. The van der Waals surface area contributed by atoms with E-state index in [1.807, 2.05) is 26.0 Å². The summed E-state index contributed by atoms with van der Waals surface area (Å²) < 4.78 is 5.83. The van der Waals surface area contributed by atoms with Gasteiger partial charge in [-0.1, -0.05) is 19.0 Å². The fraction of sp³-hybridized carbons (Fsp3) is 0.600. The predicted molar refractivity (Wildman–Crippen MR) is 85.1 cm³/mol. The van der Waals surface area contributed by atoms with Crippen LogP contribution in [0.3, 0.4) is 0 Å². The average molecular weight is 294 g/mol. The molecule has 0 amide bonds. The Morgan fingerprint density at radius 3 is 2.71 bits per heavy atom. The Morgan fingerprint density at radius 2 is 2.14 bits per heavy atom. The first-order chi connectivity index (χ1) is 9.93. The van der Waals surface area contributed by atoms with E-state index in [9.17, 15) is 0 Å². The molecule has 0 fully saturated rings. The second-order valence-electron chi connectivity index (χ2n) is 5.67. The fourth-order valence-electron chi connectivity index (χ4n) is 1.99. The van der Waals surface area contributed by atoms with Gasteiger partial charge in [-0.2, -0.15) is 0 Å². The summed E-state index contributed by atoms with van der Waals surface area (Å²) in [5, 5.41) is 11.7. The van der Waals surface area contributed by atoms with Crippen molar-refractivity contribution < 1.29 is 9.94 Å². The van der Waals surface area contributed by atoms with E-state index in [1.165, 1.54) is 0 Å². The third-order valence-corrected chi connectivity index (χ3v) is 2.76. The number of hydrogen-bond donors (Lipinski definition) is 2. The van der Waals surface area contributed by atoms with E-state index < -0.39 is 0 Å². The Hall–Kier alpha value is -1.98. The first-order valence-electron chi connectivity index (χ1n) is 7.27. The first kappa shape index (κ1) is 17.1. The molecule has 0 bridgehead atoms. The van der Waals surface area contributed by atoms with E-state index in [1.54, 1.807) is 6.20 Å². The smallest absolute Gasteiger partial charge is 0.171 e. The van der Waals surface area contributed by atoms with Gasteiger partial charge in [0.25, 0.3) is 0 Å². The summed E-state index contributed by atoms with van der Waals surface area (Å²) in [5.74, 6) is 2.23. The van der Waals surface area contributed by atoms with Gasteiger partial charge in [-0.3, -0.25) is 0 Å². The highest BCUT2D eigenvalue weighted by Crippen LogP contribution is 2.27. The maximum atomic E-state index is 8.68. The van der Waals surface area contributed by atoms with Crippen molar-refractivity contribution >= 4 is 11.7 Å². The van der Waals surface area contributed by atoms with E-state index >= 15 is 0 Å². The Morgan fingerprint density at radius 1 is 1.43 bits per heavy atom. The van der Waals surface area contributed by atoms with Crippen LogP contribution in [-0.2, 0) is 0 Å². The number of nitrogens with two attached hydrogens (primary N) is 1. The number of amidine groups is 1. The van der Waals surface area contributed by atoms with Crippen LogP contribution in [0.15, 0.2) is 23.5 Å². The average Bonchev–Trinajstić information content (AvgIpc) is 2.42. The van der Waals surface area contributed by atoms with Crippen LogP contribution in [0.25, 0.3) is 0 Å². The zero-order valence-corrected chi connectivity index (χ0v) is 13.3. The molecule has 3 N–H and O–H groups in total. The quantitative estimate of drug-likeness (QED) is 0.333. The second kappa shape index (κ2) is 8.34. The summed E-state index contributed by atoms with van der Waals surface area (Å²) in [6.07, 6.45) is 2.30. The molecule has 0 aliphatic heterocycles. The van der Waals surface area contributed by atoms with Crippen molar-refractivity contribution in [3.63, 3.8) is 0 Å². The molecule has 1 aromatic heterocycles. The lowest BCUT2D eigenvalue weighted by atomic mass is 10.2. The molecule has 1 heterocycles. The molecular weight excluding hydrogens is 268 g/mol. The molecule has 0 spiro atoms. The monoisotopic (exact) mass is 294 g/mol. The molecule has 6 heteroatoms. The minimum Gasteiger partial charge on any atom is -0.487 e. The minimum atomic E-state index is 0.0814. The molecule has 0 aliphatic rings. The highest BCUT2D eigenvalue weighted by molar-refractivity contribution is 5.80. The lowest BCUT2D eigenvalue weighted by Crippen LogP contribution is -2.32. The minimum absolute atomic E-state index is 0.0814. The van der Waals surface area contributed by atoms with Gasteiger partial charge in [-0.25, -0.2) is 4.98 Å². The number of hydrogen-bond acceptors (Lipinski definition) is 5. The van der Waals surface area contributed by atoms with Gasteiger partial charge >= 0.3 is 0 Å². The first-order valence-corrected chi connectivity index (χ1v) is 7.27. The van der Waals surface area contributed by atoms with Crippen LogP contribution < -0.4 is 15.4 Å². The van der Waals surface area contributed by atoms with Crippen LogP contribution in [0.5, 0.6) is 5.75 Å². The van der Waals surface area contributed by atoms with E-state index in [2.05, 4.69) is 28.9 Å². The van der Waals surface area contributed by atoms with Crippen LogP contribution in [-0.4, -0.2) is 35.2 Å². The predicted octanol–water partition coefficient (Wildman–Crippen LogP) is 2.47. The maximum absolute atomic E-state index is 8.68. The van der Waals surface area contributed by atoms with Crippen molar-refractivity contribution in [2.24, 2.45) is 16.8 Å². The van der Waals surface area contributed by atoms with E-state index in [0.717, 1.165) is 18.1 Å². The number of aromatic nitrogens is 1. The van der Waals surface area contributed by atoms with Crippen LogP contribution >= 0.6 is 0 Å². The van der Waals surface area contributed by atoms with Crippen LogP contribution in [0.1, 0.15) is 34.1 Å². The number of anilines is 1. The zero-order valence-electron chi connectivity index (χ0n) is 13.3. The standard InChI is InChI=1S/C15H26N4O2/c1-11(2)10-19(9-7-14(16)18-20)15-13(21-12(3)4)6-5-8-17-15/h5-6,8,11-12,20H,7,9-10H2,1-4H3,(H2,16,18). The molecule has 0 saturated carbocycles. The molecule has 0 saturated heterocycles. The second-order valence-corrected chi connectivity index (χ2v) is 5.67. The molecule has 118 valence electrons. The molecule has 1 rings (SSSR count). The highest BCUT2D eigenvalue weighted by Gasteiger charge is 2.16. The third kappa shape index (κ3) is 5.89. The van der Waals surface area contributed by atoms with Gasteiger partial charge in [-0.15, -0.1) is 0 Å². The molecule has 0 aliphatic carbocycles. The Labute approximate surface area is 126 Å². The van der Waals surface area contributed by atoms with Gasteiger partial charge in [-0.05, 0) is 31.9 Å². The largest absolute Gasteiger partial charge is 0.487 e.